The smallest absolute Gasteiger partial charge is 0.315 e. The van der Waals surface area contributed by atoms with Crippen molar-refractivity contribution >= 4 is 11.9 Å². The zero-order chi connectivity index (χ0) is 18.4. The highest BCUT2D eigenvalue weighted by molar-refractivity contribution is 5.92. The quantitative estimate of drug-likeness (QED) is 0.456. The Morgan fingerprint density at radius 3 is 2.04 bits per heavy atom. The van der Waals surface area contributed by atoms with Gasteiger partial charge >= 0.3 is 5.97 Å². The van der Waals surface area contributed by atoms with Crippen LogP contribution in [-0.4, -0.2) is 37.2 Å². The van der Waals surface area contributed by atoms with Gasteiger partial charge in [0.2, 0.25) is 0 Å². The van der Waals surface area contributed by atoms with Gasteiger partial charge in [0.1, 0.15) is 12.0 Å². The second kappa shape index (κ2) is 8.15. The zero-order valence-electron chi connectivity index (χ0n) is 14.9. The van der Waals surface area contributed by atoms with Gasteiger partial charge in [-0.3, -0.25) is 10.2 Å². The summed E-state index contributed by atoms with van der Waals surface area (Å²) < 4.78 is 11.0. The van der Waals surface area contributed by atoms with Crippen molar-refractivity contribution in [3.05, 3.63) is 71.8 Å². The number of esters is 1. The maximum atomic E-state index is 12.4. The minimum Gasteiger partial charge on any atom is -0.481 e. The fourth-order valence-electron chi connectivity index (χ4n) is 3.42. The zero-order valence-corrected chi connectivity index (χ0v) is 14.9. The molecular formula is C21H24N2O3. The van der Waals surface area contributed by atoms with Crippen LogP contribution in [0.1, 0.15) is 30.4 Å². The van der Waals surface area contributed by atoms with E-state index in [1.165, 1.54) is 0 Å². The van der Waals surface area contributed by atoms with E-state index in [0.29, 0.717) is 19.7 Å². The van der Waals surface area contributed by atoms with Crippen molar-refractivity contribution in [3.63, 3.8) is 0 Å². The molecule has 0 unspecified atom stereocenters. The van der Waals surface area contributed by atoms with Crippen molar-refractivity contribution in [2.24, 2.45) is 0 Å². The van der Waals surface area contributed by atoms with Crippen LogP contribution in [0, 0.1) is 5.41 Å². The van der Waals surface area contributed by atoms with Gasteiger partial charge in [-0.05, 0) is 18.1 Å². The van der Waals surface area contributed by atoms with Crippen molar-refractivity contribution in [3.8, 4) is 0 Å². The molecule has 0 atom stereocenters. The Bertz CT molecular complexity index is 703. The van der Waals surface area contributed by atoms with Crippen molar-refractivity contribution in [2.75, 3.05) is 19.7 Å². The second-order valence-electron chi connectivity index (χ2n) is 6.43. The van der Waals surface area contributed by atoms with E-state index in [9.17, 15) is 4.79 Å². The number of rotatable bonds is 7. The highest BCUT2D eigenvalue weighted by Gasteiger charge is 2.49. The summed E-state index contributed by atoms with van der Waals surface area (Å²) in [6.45, 7) is 3.32. The lowest BCUT2D eigenvalue weighted by Gasteiger charge is -2.47. The molecule has 1 saturated heterocycles. The summed E-state index contributed by atoms with van der Waals surface area (Å²) in [5.41, 5.74) is 1.55. The third-order valence-corrected chi connectivity index (χ3v) is 4.58. The lowest BCUT2D eigenvalue weighted by Crippen LogP contribution is -2.65. The third kappa shape index (κ3) is 3.94. The van der Waals surface area contributed by atoms with Gasteiger partial charge in [-0.2, -0.15) is 0 Å². The molecule has 1 heterocycles. The first-order chi connectivity index (χ1) is 12.6. The van der Waals surface area contributed by atoms with Crippen molar-refractivity contribution < 1.29 is 14.3 Å². The van der Waals surface area contributed by atoms with Crippen LogP contribution in [0.5, 0.6) is 0 Å². The summed E-state index contributed by atoms with van der Waals surface area (Å²) in [6, 6.07) is 20.2. The van der Waals surface area contributed by atoms with Crippen molar-refractivity contribution in [1.29, 1.82) is 5.41 Å². The summed E-state index contributed by atoms with van der Waals surface area (Å²) in [4.78, 5) is 12.4. The van der Waals surface area contributed by atoms with Crippen LogP contribution in [-0.2, 0) is 14.3 Å². The molecule has 0 aliphatic carbocycles. The largest absolute Gasteiger partial charge is 0.481 e. The normalized spacial score (nSPS) is 15.2. The first kappa shape index (κ1) is 18.1. The molecule has 26 heavy (non-hydrogen) atoms. The fourth-order valence-corrected chi connectivity index (χ4v) is 3.42. The van der Waals surface area contributed by atoms with E-state index in [0.717, 1.165) is 11.1 Å². The Balaban J connectivity index is 1.88. The number of benzene rings is 2. The average Bonchev–Trinajstić information content (AvgIpc) is 2.61. The molecule has 1 fully saturated rings. The van der Waals surface area contributed by atoms with Crippen LogP contribution in [0.25, 0.3) is 0 Å². The lowest BCUT2D eigenvalue weighted by atomic mass is 9.73. The summed E-state index contributed by atoms with van der Waals surface area (Å²) in [7, 11) is 0. The molecule has 0 amide bonds. The lowest BCUT2D eigenvalue weighted by molar-refractivity contribution is -0.166. The summed E-state index contributed by atoms with van der Waals surface area (Å²) in [5, 5.41) is 10.9. The summed E-state index contributed by atoms with van der Waals surface area (Å²) in [5.74, 6) is -0.561. The number of nitrogens with one attached hydrogen (secondary N) is 2. The van der Waals surface area contributed by atoms with Crippen molar-refractivity contribution in [2.45, 2.75) is 24.9 Å². The van der Waals surface area contributed by atoms with E-state index in [1.807, 2.05) is 36.4 Å². The van der Waals surface area contributed by atoms with Crippen LogP contribution in [0.4, 0.5) is 0 Å². The predicted molar refractivity (Wildman–Crippen MR) is 100 cm³/mol. The Hall–Kier alpha value is -2.66. The molecule has 2 aromatic rings. The van der Waals surface area contributed by atoms with E-state index in [4.69, 9.17) is 14.9 Å². The highest BCUT2D eigenvalue weighted by atomic mass is 16.6. The molecule has 1 aliphatic heterocycles. The van der Waals surface area contributed by atoms with Crippen LogP contribution >= 0.6 is 0 Å². The van der Waals surface area contributed by atoms with Gasteiger partial charge in [0.15, 0.2) is 5.90 Å². The topological polar surface area (TPSA) is 71.4 Å². The molecule has 5 heteroatoms. The van der Waals surface area contributed by atoms with E-state index in [2.05, 4.69) is 29.6 Å². The standard InChI is InChI=1S/C21H24N2O3/c1-2-25-18(22)13-19(24)26-21(14-23-15-21)20(16-9-5-3-6-10-16)17-11-7-4-8-12-17/h3-12,20,22-23H,2,13-15H2,1H3. The molecule has 0 aromatic heterocycles. The molecule has 1 aliphatic rings. The van der Waals surface area contributed by atoms with E-state index >= 15 is 0 Å². The van der Waals surface area contributed by atoms with Crippen molar-refractivity contribution in [1.82, 2.24) is 5.32 Å². The van der Waals surface area contributed by atoms with Gasteiger partial charge < -0.3 is 14.8 Å². The second-order valence-corrected chi connectivity index (χ2v) is 6.43. The third-order valence-electron chi connectivity index (χ3n) is 4.58. The van der Waals surface area contributed by atoms with Crippen LogP contribution in [0.15, 0.2) is 60.7 Å². The number of ether oxygens (including phenoxy) is 2. The molecular weight excluding hydrogens is 328 g/mol. The van der Waals surface area contributed by atoms with Gasteiger partial charge in [-0.15, -0.1) is 0 Å². The number of hydrogen-bond donors (Lipinski definition) is 2. The van der Waals surface area contributed by atoms with Crippen LogP contribution < -0.4 is 5.32 Å². The fraction of sp³-hybridized carbons (Fsp3) is 0.333. The molecule has 136 valence electrons. The molecule has 5 nitrogen and oxygen atoms in total. The predicted octanol–water partition coefficient (Wildman–Crippen LogP) is 3.11. The minimum absolute atomic E-state index is 0.0593. The summed E-state index contributed by atoms with van der Waals surface area (Å²) >= 11 is 0. The molecule has 0 spiro atoms. The van der Waals surface area contributed by atoms with Gasteiger partial charge in [0.25, 0.3) is 0 Å². The molecule has 0 saturated carbocycles. The van der Waals surface area contributed by atoms with Crippen LogP contribution in [0.3, 0.4) is 0 Å². The van der Waals surface area contributed by atoms with Gasteiger partial charge in [-0.1, -0.05) is 60.7 Å². The number of carbonyl (C=O) groups excluding carboxylic acids is 1. The molecule has 2 N–H and O–H groups in total. The Morgan fingerprint density at radius 1 is 1.08 bits per heavy atom. The first-order valence-electron chi connectivity index (χ1n) is 8.87. The Kier molecular flexibility index (Phi) is 5.68. The highest BCUT2D eigenvalue weighted by Crippen LogP contribution is 2.40. The summed E-state index contributed by atoms with van der Waals surface area (Å²) in [6.07, 6.45) is -0.147. The maximum Gasteiger partial charge on any atom is 0.315 e. The van der Waals surface area contributed by atoms with E-state index in [1.54, 1.807) is 6.92 Å². The molecule has 0 radical (unpaired) electrons. The molecule has 2 aromatic carbocycles. The SMILES string of the molecule is CCOC(=N)CC(=O)OC1(C(c2ccccc2)c2ccccc2)CNC1. The Morgan fingerprint density at radius 2 is 1.62 bits per heavy atom. The van der Waals surface area contributed by atoms with Gasteiger partial charge in [0, 0.05) is 13.1 Å². The Labute approximate surface area is 153 Å². The minimum atomic E-state index is -0.660. The number of carbonyl (C=O) groups is 1. The molecule has 0 bridgehead atoms. The van der Waals surface area contributed by atoms with Crippen LogP contribution in [0.2, 0.25) is 0 Å². The first-order valence-corrected chi connectivity index (χ1v) is 8.87. The van der Waals surface area contributed by atoms with E-state index < -0.39 is 11.6 Å². The average molecular weight is 352 g/mol. The monoisotopic (exact) mass is 352 g/mol. The van der Waals surface area contributed by atoms with Gasteiger partial charge in [-0.25, -0.2) is 0 Å². The maximum absolute atomic E-state index is 12.4. The van der Waals surface area contributed by atoms with Gasteiger partial charge in [0.05, 0.1) is 12.5 Å². The molecule has 3 rings (SSSR count). The van der Waals surface area contributed by atoms with E-state index in [-0.39, 0.29) is 18.2 Å². The number of hydrogen-bond acceptors (Lipinski definition) is 5.